The largest absolute Gasteiger partial charge is 0.370 e. The minimum atomic E-state index is -0.350. The second-order valence-electron chi connectivity index (χ2n) is 5.83. The van der Waals surface area contributed by atoms with E-state index in [1.54, 1.807) is 0 Å². The first-order valence-corrected chi connectivity index (χ1v) is 7.97. The summed E-state index contributed by atoms with van der Waals surface area (Å²) in [7, 11) is 0. The molecule has 0 amide bonds. The Morgan fingerprint density at radius 1 is 1.10 bits per heavy atom. The Morgan fingerprint density at radius 2 is 1.67 bits per heavy atom. The van der Waals surface area contributed by atoms with E-state index in [1.807, 2.05) is 38.1 Å². The molecule has 0 aliphatic carbocycles. The Hall–Kier alpha value is -1.35. The third-order valence-corrected chi connectivity index (χ3v) is 3.59. The second kappa shape index (κ2) is 8.18. The van der Waals surface area contributed by atoms with E-state index in [9.17, 15) is 4.79 Å². The zero-order valence-electron chi connectivity index (χ0n) is 14.2. The molecule has 1 atom stereocenters. The molecule has 0 aromatic heterocycles. The lowest BCUT2D eigenvalue weighted by Crippen LogP contribution is -2.38. The molecule has 0 bridgehead atoms. The highest BCUT2D eigenvalue weighted by atomic mass is 16.5. The number of benzene rings is 1. The van der Waals surface area contributed by atoms with Crippen molar-refractivity contribution in [2.24, 2.45) is 0 Å². The van der Waals surface area contributed by atoms with Crippen LogP contribution in [0.15, 0.2) is 24.3 Å². The van der Waals surface area contributed by atoms with Crippen molar-refractivity contribution >= 4 is 11.5 Å². The van der Waals surface area contributed by atoms with E-state index in [4.69, 9.17) is 4.74 Å². The van der Waals surface area contributed by atoms with Gasteiger partial charge in [-0.1, -0.05) is 19.1 Å². The number of ether oxygens (including phenoxy) is 1. The number of para-hydroxylation sites is 1. The molecular formula is C18H29NO2. The highest BCUT2D eigenvalue weighted by molar-refractivity contribution is 6.04. The molecule has 118 valence electrons. The van der Waals surface area contributed by atoms with Gasteiger partial charge in [0.1, 0.15) is 6.10 Å². The SMILES string of the molecule is CCOC(CC)C(=O)c1ccccc1N(C(C)C)C(C)C. The molecule has 0 aliphatic rings. The average Bonchev–Trinajstić information content (AvgIpc) is 2.44. The standard InChI is InChI=1S/C18H29NO2/c1-7-17(21-8-2)18(20)15-11-9-10-12-16(15)19(13(3)4)14(5)6/h9-14,17H,7-8H2,1-6H3. The fourth-order valence-corrected chi connectivity index (χ4v) is 2.81. The van der Waals surface area contributed by atoms with Crippen LogP contribution in [0.4, 0.5) is 5.69 Å². The lowest BCUT2D eigenvalue weighted by atomic mass is 10.00. The van der Waals surface area contributed by atoms with Crippen LogP contribution < -0.4 is 4.90 Å². The summed E-state index contributed by atoms with van der Waals surface area (Å²) >= 11 is 0. The minimum absolute atomic E-state index is 0.0845. The Bertz CT molecular complexity index is 446. The summed E-state index contributed by atoms with van der Waals surface area (Å²) in [4.78, 5) is 15.1. The van der Waals surface area contributed by atoms with Crippen molar-refractivity contribution in [1.29, 1.82) is 0 Å². The van der Waals surface area contributed by atoms with Gasteiger partial charge in [-0.3, -0.25) is 4.79 Å². The topological polar surface area (TPSA) is 29.5 Å². The molecule has 1 aromatic carbocycles. The zero-order chi connectivity index (χ0) is 16.0. The summed E-state index contributed by atoms with van der Waals surface area (Å²) in [6.07, 6.45) is 0.349. The fraction of sp³-hybridized carbons (Fsp3) is 0.611. The van der Waals surface area contributed by atoms with E-state index in [0.29, 0.717) is 25.1 Å². The number of hydrogen-bond acceptors (Lipinski definition) is 3. The number of ketones is 1. The van der Waals surface area contributed by atoms with Crippen LogP contribution >= 0.6 is 0 Å². The van der Waals surface area contributed by atoms with Crippen LogP contribution in [-0.4, -0.2) is 30.6 Å². The molecule has 0 radical (unpaired) electrons. The van der Waals surface area contributed by atoms with Gasteiger partial charge in [-0.05, 0) is 53.2 Å². The van der Waals surface area contributed by atoms with E-state index in [1.165, 1.54) is 0 Å². The van der Waals surface area contributed by atoms with Crippen molar-refractivity contribution in [2.45, 2.75) is 66.2 Å². The number of Topliss-reactive ketones (excluding diaryl/α,β-unsaturated/α-hetero) is 1. The minimum Gasteiger partial charge on any atom is -0.370 e. The number of carbonyl (C=O) groups excluding carboxylic acids is 1. The molecule has 0 heterocycles. The molecule has 21 heavy (non-hydrogen) atoms. The molecule has 3 heteroatoms. The van der Waals surface area contributed by atoms with Gasteiger partial charge in [-0.25, -0.2) is 0 Å². The summed E-state index contributed by atoms with van der Waals surface area (Å²) in [6.45, 7) is 13.1. The van der Waals surface area contributed by atoms with Gasteiger partial charge >= 0.3 is 0 Å². The Balaban J connectivity index is 3.22. The van der Waals surface area contributed by atoms with Gasteiger partial charge in [0.25, 0.3) is 0 Å². The second-order valence-corrected chi connectivity index (χ2v) is 5.83. The summed E-state index contributed by atoms with van der Waals surface area (Å²) < 4.78 is 5.59. The third-order valence-electron chi connectivity index (χ3n) is 3.59. The van der Waals surface area contributed by atoms with Gasteiger partial charge in [-0.15, -0.1) is 0 Å². The van der Waals surface area contributed by atoms with Crippen LogP contribution in [0.25, 0.3) is 0 Å². The monoisotopic (exact) mass is 291 g/mol. The van der Waals surface area contributed by atoms with Crippen molar-refractivity contribution in [3.8, 4) is 0 Å². The summed E-state index contributed by atoms with van der Waals surface area (Å²) in [5.74, 6) is 0.0845. The zero-order valence-corrected chi connectivity index (χ0v) is 14.2. The average molecular weight is 291 g/mol. The highest BCUT2D eigenvalue weighted by Crippen LogP contribution is 2.26. The number of rotatable bonds is 8. The number of carbonyl (C=O) groups is 1. The van der Waals surface area contributed by atoms with Crippen molar-refractivity contribution in [1.82, 2.24) is 0 Å². The van der Waals surface area contributed by atoms with Gasteiger partial charge in [-0.2, -0.15) is 0 Å². The lowest BCUT2D eigenvalue weighted by molar-refractivity contribution is 0.0444. The number of nitrogens with zero attached hydrogens (tertiary/aromatic N) is 1. The molecule has 1 aromatic rings. The molecule has 0 saturated heterocycles. The first-order valence-electron chi connectivity index (χ1n) is 7.97. The van der Waals surface area contributed by atoms with E-state index in [2.05, 4.69) is 32.6 Å². The van der Waals surface area contributed by atoms with Crippen molar-refractivity contribution < 1.29 is 9.53 Å². The summed E-state index contributed by atoms with van der Waals surface area (Å²) in [5, 5.41) is 0. The Morgan fingerprint density at radius 3 is 2.14 bits per heavy atom. The Kier molecular flexibility index (Phi) is 6.90. The predicted octanol–water partition coefficient (Wildman–Crippen LogP) is 4.31. The maximum Gasteiger partial charge on any atom is 0.193 e. The van der Waals surface area contributed by atoms with Crippen molar-refractivity contribution in [2.75, 3.05) is 11.5 Å². The van der Waals surface area contributed by atoms with Gasteiger partial charge in [0.2, 0.25) is 0 Å². The van der Waals surface area contributed by atoms with Crippen LogP contribution in [0.2, 0.25) is 0 Å². The molecule has 3 nitrogen and oxygen atoms in total. The predicted molar refractivity (Wildman–Crippen MR) is 89.2 cm³/mol. The van der Waals surface area contributed by atoms with E-state index < -0.39 is 0 Å². The van der Waals surface area contributed by atoms with Crippen LogP contribution in [0.1, 0.15) is 58.3 Å². The maximum absolute atomic E-state index is 12.8. The van der Waals surface area contributed by atoms with Gasteiger partial charge in [0.15, 0.2) is 5.78 Å². The molecule has 0 saturated carbocycles. The molecule has 0 N–H and O–H groups in total. The van der Waals surface area contributed by atoms with Crippen LogP contribution in [0.3, 0.4) is 0 Å². The van der Waals surface area contributed by atoms with Crippen LogP contribution in [0.5, 0.6) is 0 Å². The van der Waals surface area contributed by atoms with E-state index in [-0.39, 0.29) is 11.9 Å². The normalized spacial score (nSPS) is 12.8. The van der Waals surface area contributed by atoms with Crippen molar-refractivity contribution in [3.05, 3.63) is 29.8 Å². The summed E-state index contributed by atoms with van der Waals surface area (Å²) in [5.41, 5.74) is 1.77. The van der Waals surface area contributed by atoms with Gasteiger partial charge in [0, 0.05) is 29.9 Å². The van der Waals surface area contributed by atoms with E-state index in [0.717, 1.165) is 11.3 Å². The van der Waals surface area contributed by atoms with Gasteiger partial charge in [0.05, 0.1) is 0 Å². The van der Waals surface area contributed by atoms with E-state index >= 15 is 0 Å². The molecule has 1 rings (SSSR count). The maximum atomic E-state index is 12.8. The highest BCUT2D eigenvalue weighted by Gasteiger charge is 2.25. The first kappa shape index (κ1) is 17.7. The smallest absolute Gasteiger partial charge is 0.193 e. The molecule has 0 aliphatic heterocycles. The molecule has 0 fully saturated rings. The molecular weight excluding hydrogens is 262 g/mol. The first-order chi connectivity index (χ1) is 9.93. The van der Waals surface area contributed by atoms with Crippen LogP contribution in [-0.2, 0) is 4.74 Å². The number of anilines is 1. The van der Waals surface area contributed by atoms with Crippen LogP contribution in [0, 0.1) is 0 Å². The Labute approximate surface area is 129 Å². The summed E-state index contributed by atoms with van der Waals surface area (Å²) in [6, 6.07) is 8.54. The van der Waals surface area contributed by atoms with Crippen molar-refractivity contribution in [3.63, 3.8) is 0 Å². The quantitative estimate of drug-likeness (QED) is 0.668. The third kappa shape index (κ3) is 4.31. The molecule has 0 spiro atoms. The number of hydrogen-bond donors (Lipinski definition) is 0. The molecule has 1 unspecified atom stereocenters. The fourth-order valence-electron chi connectivity index (χ4n) is 2.81. The van der Waals surface area contributed by atoms with Gasteiger partial charge < -0.3 is 9.64 Å². The lowest BCUT2D eigenvalue weighted by Gasteiger charge is -2.34.